The monoisotopic (exact) mass is 504 g/mol. The van der Waals surface area contributed by atoms with E-state index in [0.717, 1.165) is 11.3 Å². The molecule has 33 heavy (non-hydrogen) atoms. The molecule has 3 rings (SSSR count). The van der Waals surface area contributed by atoms with E-state index in [1.165, 1.54) is 17.2 Å². The Hall–Kier alpha value is -3.31. The lowest BCUT2D eigenvalue weighted by atomic mass is 10.0. The number of amides is 3. The summed E-state index contributed by atoms with van der Waals surface area (Å²) >= 11 is 0.989. The van der Waals surface area contributed by atoms with Crippen molar-refractivity contribution in [1.29, 1.82) is 0 Å². The highest BCUT2D eigenvalue weighted by Crippen LogP contribution is 2.23. The summed E-state index contributed by atoms with van der Waals surface area (Å²) in [6, 6.07) is -2.32. The Morgan fingerprint density at radius 3 is 2.64 bits per heavy atom. The third-order valence-corrected chi connectivity index (χ3v) is 6.77. The molecule has 1 unspecified atom stereocenters. The van der Waals surface area contributed by atoms with E-state index in [0.29, 0.717) is 6.42 Å². The van der Waals surface area contributed by atoms with Crippen molar-refractivity contribution < 1.29 is 42.1 Å². The van der Waals surface area contributed by atoms with Gasteiger partial charge in [0.15, 0.2) is 17.5 Å². The first-order valence-corrected chi connectivity index (χ1v) is 11.7. The molecule has 3 amide bonds. The van der Waals surface area contributed by atoms with E-state index >= 15 is 0 Å². The minimum absolute atomic E-state index is 0.0133. The van der Waals surface area contributed by atoms with E-state index in [-0.39, 0.29) is 28.2 Å². The molecule has 0 aromatic carbocycles. The highest BCUT2D eigenvalue weighted by atomic mass is 32.2. The summed E-state index contributed by atoms with van der Waals surface area (Å²) in [5.74, 6) is -4.21. The summed E-state index contributed by atoms with van der Waals surface area (Å²) in [7, 11) is -4.77. The maximum atomic E-state index is 12.7. The third kappa shape index (κ3) is 5.20. The summed E-state index contributed by atoms with van der Waals surface area (Å²) in [5.41, 5.74) is 5.14. The highest BCUT2D eigenvalue weighted by Gasteiger charge is 2.51. The van der Waals surface area contributed by atoms with Crippen molar-refractivity contribution >= 4 is 56.2 Å². The highest BCUT2D eigenvalue weighted by molar-refractivity contribution is 7.84. The van der Waals surface area contributed by atoms with Crippen molar-refractivity contribution in [1.82, 2.24) is 19.5 Å². The Labute approximate surface area is 191 Å². The van der Waals surface area contributed by atoms with Crippen molar-refractivity contribution in [3.8, 4) is 0 Å². The van der Waals surface area contributed by atoms with Gasteiger partial charge in [0.2, 0.25) is 0 Å². The van der Waals surface area contributed by atoms with Gasteiger partial charge in [0.1, 0.15) is 11.7 Å². The smallest absolute Gasteiger partial charge is 0.362 e. The number of carbonyl (C=O) groups excluding carboxylic acids is 3. The maximum absolute atomic E-state index is 12.7. The second-order valence-electron chi connectivity index (χ2n) is 7.25. The zero-order chi connectivity index (χ0) is 24.5. The van der Waals surface area contributed by atoms with Crippen molar-refractivity contribution in [2.24, 2.45) is 11.1 Å². The number of aliphatic carboxylic acids is 1. The Morgan fingerprint density at radius 1 is 1.42 bits per heavy atom. The molecule has 2 saturated heterocycles. The third-order valence-electron chi connectivity index (χ3n) is 5.08. The summed E-state index contributed by atoms with van der Waals surface area (Å²) in [4.78, 5) is 58.2. The number of carbonyl (C=O) groups is 4. The van der Waals surface area contributed by atoms with E-state index in [9.17, 15) is 27.6 Å². The first-order chi connectivity index (χ1) is 15.4. The van der Waals surface area contributed by atoms with Gasteiger partial charge < -0.3 is 25.9 Å². The number of β-lactam (4-membered cyclic amide) rings is 1. The fourth-order valence-corrected chi connectivity index (χ4v) is 4.78. The van der Waals surface area contributed by atoms with E-state index in [1.807, 2.05) is 0 Å². The van der Waals surface area contributed by atoms with Crippen LogP contribution < -0.4 is 11.1 Å². The van der Waals surface area contributed by atoms with E-state index in [4.69, 9.17) is 20.2 Å². The molecule has 0 saturated carbocycles. The summed E-state index contributed by atoms with van der Waals surface area (Å²) < 4.78 is 31.7. The number of oxime groups is 1. The van der Waals surface area contributed by atoms with Crippen LogP contribution in [0, 0.1) is 5.92 Å². The van der Waals surface area contributed by atoms with Crippen LogP contribution in [0.15, 0.2) is 10.5 Å². The van der Waals surface area contributed by atoms with Crippen LogP contribution in [0.2, 0.25) is 0 Å². The number of thiazole rings is 1. The molecule has 0 spiro atoms. The predicted molar refractivity (Wildman–Crippen MR) is 111 cm³/mol. The molecule has 5 N–H and O–H groups in total. The van der Waals surface area contributed by atoms with Crippen LogP contribution in [0.4, 0.5) is 5.13 Å². The molecule has 17 heteroatoms. The molecule has 1 aromatic rings. The van der Waals surface area contributed by atoms with Gasteiger partial charge in [-0.3, -0.25) is 23.7 Å². The molecule has 2 aliphatic rings. The van der Waals surface area contributed by atoms with E-state index < -0.39 is 64.3 Å². The molecule has 3 atom stereocenters. The van der Waals surface area contributed by atoms with Crippen LogP contribution in [-0.4, -0.2) is 93.4 Å². The number of anilines is 1. The molecule has 1 aromatic heterocycles. The van der Waals surface area contributed by atoms with Crippen molar-refractivity contribution in [2.75, 3.05) is 25.4 Å². The zero-order valence-corrected chi connectivity index (χ0v) is 18.7. The fraction of sp³-hybridized carbons (Fsp3) is 0.500. The Bertz CT molecular complexity index is 1120. The Kier molecular flexibility index (Phi) is 6.84. The van der Waals surface area contributed by atoms with Crippen LogP contribution in [0.5, 0.6) is 0 Å². The minimum atomic E-state index is -4.77. The van der Waals surface area contributed by atoms with Crippen molar-refractivity contribution in [3.05, 3.63) is 11.1 Å². The van der Waals surface area contributed by atoms with E-state index in [1.54, 1.807) is 0 Å². The molecular weight excluding hydrogens is 484 g/mol. The van der Waals surface area contributed by atoms with E-state index in [2.05, 4.69) is 15.5 Å². The summed E-state index contributed by atoms with van der Waals surface area (Å²) in [6.45, 7) is 0.985. The van der Waals surface area contributed by atoms with Gasteiger partial charge in [0.05, 0.1) is 12.0 Å². The van der Waals surface area contributed by atoms with Crippen LogP contribution in [0.1, 0.15) is 19.0 Å². The SMILES string of the molecule is C[C@H]1[C@H](NC(=O)/C(=N\OCC(=O)N2CCC(C(=O)O)C2)c2csc(N)n2)C(=O)N1S(=O)(=O)O. The molecule has 3 heterocycles. The second-order valence-corrected chi connectivity index (χ2v) is 9.43. The summed E-state index contributed by atoms with van der Waals surface area (Å²) in [5, 5.41) is 16.4. The molecule has 2 aliphatic heterocycles. The number of nitrogens with two attached hydrogens (primary N) is 1. The van der Waals surface area contributed by atoms with Gasteiger partial charge in [-0.2, -0.15) is 8.42 Å². The molecule has 180 valence electrons. The maximum Gasteiger partial charge on any atom is 0.362 e. The van der Waals surface area contributed by atoms with Crippen LogP contribution in [-0.2, 0) is 34.3 Å². The number of nitrogens with one attached hydrogen (secondary N) is 1. The average molecular weight is 505 g/mol. The number of aromatic nitrogens is 1. The molecule has 15 nitrogen and oxygen atoms in total. The zero-order valence-electron chi connectivity index (χ0n) is 17.1. The number of rotatable bonds is 8. The van der Waals surface area contributed by atoms with Gasteiger partial charge in [0, 0.05) is 18.5 Å². The summed E-state index contributed by atoms with van der Waals surface area (Å²) in [6.07, 6.45) is 0.310. The van der Waals surface area contributed by atoms with Gasteiger partial charge in [-0.1, -0.05) is 5.16 Å². The van der Waals surface area contributed by atoms with Gasteiger partial charge >= 0.3 is 16.3 Å². The number of hydrogen-bond donors (Lipinski definition) is 4. The van der Waals surface area contributed by atoms with Crippen molar-refractivity contribution in [2.45, 2.75) is 25.4 Å². The van der Waals surface area contributed by atoms with Gasteiger partial charge in [-0.25, -0.2) is 9.29 Å². The van der Waals surface area contributed by atoms with Crippen LogP contribution in [0.25, 0.3) is 0 Å². The number of carboxylic acid groups (broad SMARTS) is 1. The lowest BCUT2D eigenvalue weighted by Gasteiger charge is -2.42. The quantitative estimate of drug-likeness (QED) is 0.130. The molecule has 0 aliphatic carbocycles. The normalized spacial score (nSPS) is 23.3. The number of hydrogen-bond acceptors (Lipinski definition) is 11. The number of nitrogens with zero attached hydrogens (tertiary/aromatic N) is 4. The largest absolute Gasteiger partial charge is 0.481 e. The predicted octanol–water partition coefficient (Wildman–Crippen LogP) is -2.10. The lowest BCUT2D eigenvalue weighted by Crippen LogP contribution is -2.71. The van der Waals surface area contributed by atoms with Gasteiger partial charge in [0.25, 0.3) is 17.7 Å². The minimum Gasteiger partial charge on any atom is -0.481 e. The fourth-order valence-electron chi connectivity index (χ4n) is 3.35. The van der Waals surface area contributed by atoms with Crippen LogP contribution in [0.3, 0.4) is 0 Å². The standard InChI is InChI=1S/C16H20N6O9S2/c1-7-11(14(25)22(7)33(28,29)30)19-13(24)12(9-6-32-16(17)18-9)20-31-5-10(23)21-3-2-8(4-21)15(26)27/h6-8,11H,2-5H2,1H3,(H2,17,18)(H,19,24)(H,26,27)(H,28,29,30)/b20-12-/t7-,8?,11-/m0/s1. The number of carboxylic acids is 1. The Morgan fingerprint density at radius 2 is 2.12 bits per heavy atom. The first-order valence-electron chi connectivity index (χ1n) is 9.43. The molecule has 0 radical (unpaired) electrons. The first kappa shape index (κ1) is 24.3. The van der Waals surface area contributed by atoms with Crippen LogP contribution >= 0.6 is 11.3 Å². The Balaban J connectivity index is 1.67. The molecule has 2 fully saturated rings. The molecule has 0 bridgehead atoms. The lowest BCUT2D eigenvalue weighted by molar-refractivity contribution is -0.144. The number of nitrogen functional groups attached to an aromatic ring is 1. The van der Waals surface area contributed by atoms with Gasteiger partial charge in [-0.15, -0.1) is 11.3 Å². The molecular formula is C16H20N6O9S2. The second kappa shape index (κ2) is 9.28. The average Bonchev–Trinajstić information content (AvgIpc) is 3.37. The van der Waals surface area contributed by atoms with Crippen molar-refractivity contribution in [3.63, 3.8) is 0 Å². The number of likely N-dealkylation sites (tertiary alicyclic amines) is 1. The topological polar surface area (TPSA) is 222 Å². The van der Waals surface area contributed by atoms with Gasteiger partial charge in [-0.05, 0) is 13.3 Å².